The number of alkyl halides is 3. The lowest BCUT2D eigenvalue weighted by atomic mass is 10.1. The van der Waals surface area contributed by atoms with Gasteiger partial charge in [0, 0.05) is 5.69 Å². The van der Waals surface area contributed by atoms with E-state index in [0.29, 0.717) is 5.69 Å². The second-order valence-electron chi connectivity index (χ2n) is 5.24. The number of hydrogen-bond acceptors (Lipinski definition) is 3. The number of pyridine rings is 1. The average molecular weight is 346 g/mol. The van der Waals surface area contributed by atoms with E-state index < -0.39 is 17.8 Å². The molecule has 4 N–H and O–H groups in total. The molecule has 8 heteroatoms. The fourth-order valence-electron chi connectivity index (χ4n) is 2.25. The fourth-order valence-corrected chi connectivity index (χ4v) is 2.25. The second kappa shape index (κ2) is 6.31. The second-order valence-corrected chi connectivity index (χ2v) is 5.24. The Hall–Kier alpha value is -3.29. The van der Waals surface area contributed by atoms with E-state index in [1.807, 2.05) is 30.3 Å². The number of aromatic nitrogens is 2. The van der Waals surface area contributed by atoms with E-state index in [-0.39, 0.29) is 17.2 Å². The number of nitrogens with one attached hydrogen (secondary N) is 2. The summed E-state index contributed by atoms with van der Waals surface area (Å²) >= 11 is 0. The molecule has 1 amide bonds. The molecule has 1 aromatic carbocycles. The van der Waals surface area contributed by atoms with Crippen LogP contribution in [0.25, 0.3) is 11.3 Å². The van der Waals surface area contributed by atoms with Crippen LogP contribution in [0.15, 0.2) is 54.6 Å². The molecule has 0 radical (unpaired) electrons. The highest BCUT2D eigenvalue weighted by Gasteiger charge is 2.33. The lowest BCUT2D eigenvalue weighted by molar-refractivity contribution is -0.141. The first-order valence-corrected chi connectivity index (χ1v) is 7.24. The summed E-state index contributed by atoms with van der Waals surface area (Å²) in [6.45, 7) is 0. The van der Waals surface area contributed by atoms with Crippen LogP contribution in [-0.4, -0.2) is 15.9 Å². The summed E-state index contributed by atoms with van der Waals surface area (Å²) in [6, 6.07) is 14.0. The standard InChI is InChI=1S/C17H13F3N4O/c18-17(19,20)14-8-4-7-11(22-14)16(25)24-13-9-12(23-15(13)21)10-5-2-1-3-6-10/h1-9,23H,21H2,(H,24,25). The summed E-state index contributed by atoms with van der Waals surface area (Å²) in [5.41, 5.74) is 6.14. The van der Waals surface area contributed by atoms with Crippen LogP contribution in [0.5, 0.6) is 0 Å². The molecule has 0 unspecified atom stereocenters. The van der Waals surface area contributed by atoms with Gasteiger partial charge in [-0.1, -0.05) is 36.4 Å². The van der Waals surface area contributed by atoms with Gasteiger partial charge in [-0.25, -0.2) is 4.98 Å². The van der Waals surface area contributed by atoms with E-state index in [1.54, 1.807) is 6.07 Å². The SMILES string of the molecule is Nc1[nH]c(-c2ccccc2)cc1NC(=O)c1cccc(C(F)(F)F)n1. The minimum atomic E-state index is -4.62. The van der Waals surface area contributed by atoms with Gasteiger partial charge in [-0.15, -0.1) is 0 Å². The van der Waals surface area contributed by atoms with Crippen molar-refractivity contribution in [2.24, 2.45) is 0 Å². The zero-order valence-electron chi connectivity index (χ0n) is 12.8. The molecule has 25 heavy (non-hydrogen) atoms. The Labute approximate surface area is 140 Å². The van der Waals surface area contributed by atoms with Crippen molar-refractivity contribution in [1.29, 1.82) is 0 Å². The Kier molecular flexibility index (Phi) is 4.18. The highest BCUT2D eigenvalue weighted by molar-refractivity contribution is 6.04. The zero-order chi connectivity index (χ0) is 18.0. The van der Waals surface area contributed by atoms with E-state index in [2.05, 4.69) is 15.3 Å². The molecule has 2 aromatic heterocycles. The molecular formula is C17H13F3N4O. The topological polar surface area (TPSA) is 83.8 Å². The molecule has 0 spiro atoms. The Balaban J connectivity index is 1.84. The first kappa shape index (κ1) is 16.6. The molecule has 5 nitrogen and oxygen atoms in total. The number of amides is 1. The summed E-state index contributed by atoms with van der Waals surface area (Å²) in [6.07, 6.45) is -4.62. The number of nitrogen functional groups attached to an aromatic ring is 1. The fraction of sp³-hybridized carbons (Fsp3) is 0.0588. The number of benzene rings is 1. The number of nitrogens with zero attached hydrogens (tertiary/aromatic N) is 1. The quantitative estimate of drug-likeness (QED) is 0.672. The molecule has 0 atom stereocenters. The number of aromatic amines is 1. The van der Waals surface area contributed by atoms with E-state index in [0.717, 1.165) is 17.7 Å². The van der Waals surface area contributed by atoms with Crippen molar-refractivity contribution in [1.82, 2.24) is 9.97 Å². The Morgan fingerprint density at radius 1 is 1.08 bits per heavy atom. The summed E-state index contributed by atoms with van der Waals surface area (Å²) in [5, 5.41) is 2.47. The molecular weight excluding hydrogens is 333 g/mol. The maximum atomic E-state index is 12.7. The van der Waals surface area contributed by atoms with Gasteiger partial charge in [0.15, 0.2) is 0 Å². The van der Waals surface area contributed by atoms with Gasteiger partial charge in [-0.05, 0) is 23.8 Å². The van der Waals surface area contributed by atoms with E-state index in [4.69, 9.17) is 5.73 Å². The van der Waals surface area contributed by atoms with Crippen LogP contribution >= 0.6 is 0 Å². The number of rotatable bonds is 3. The first-order valence-electron chi connectivity index (χ1n) is 7.24. The maximum absolute atomic E-state index is 12.7. The van der Waals surface area contributed by atoms with Crippen molar-refractivity contribution >= 4 is 17.4 Å². The predicted molar refractivity (Wildman–Crippen MR) is 87.8 cm³/mol. The highest BCUT2D eigenvalue weighted by Crippen LogP contribution is 2.29. The van der Waals surface area contributed by atoms with Crippen LogP contribution in [-0.2, 0) is 6.18 Å². The molecule has 0 aliphatic rings. The molecule has 0 fully saturated rings. The number of halogens is 3. The van der Waals surface area contributed by atoms with Crippen LogP contribution in [0.4, 0.5) is 24.7 Å². The van der Waals surface area contributed by atoms with Gasteiger partial charge in [0.2, 0.25) is 0 Å². The van der Waals surface area contributed by atoms with Crippen molar-refractivity contribution in [2.75, 3.05) is 11.1 Å². The third kappa shape index (κ3) is 3.63. The number of carbonyl (C=O) groups is 1. The molecule has 3 aromatic rings. The molecule has 0 aliphatic heterocycles. The molecule has 0 saturated heterocycles. The van der Waals surface area contributed by atoms with Gasteiger partial charge in [0.1, 0.15) is 17.2 Å². The van der Waals surface area contributed by atoms with Gasteiger partial charge in [0.05, 0.1) is 5.69 Å². The number of anilines is 2. The summed E-state index contributed by atoms with van der Waals surface area (Å²) in [5.74, 6) is -0.587. The van der Waals surface area contributed by atoms with E-state index in [1.165, 1.54) is 6.07 Å². The Morgan fingerprint density at radius 3 is 2.48 bits per heavy atom. The van der Waals surface area contributed by atoms with Gasteiger partial charge in [-0.2, -0.15) is 13.2 Å². The molecule has 3 rings (SSSR count). The minimum absolute atomic E-state index is 0.194. The normalized spacial score (nSPS) is 11.3. The van der Waals surface area contributed by atoms with Crippen LogP contribution < -0.4 is 11.1 Å². The monoisotopic (exact) mass is 346 g/mol. The Morgan fingerprint density at radius 2 is 1.80 bits per heavy atom. The lowest BCUT2D eigenvalue weighted by Crippen LogP contribution is -2.17. The Bertz CT molecular complexity index is 904. The molecule has 0 saturated carbocycles. The summed E-state index contributed by atoms with van der Waals surface area (Å²) in [7, 11) is 0. The van der Waals surface area contributed by atoms with Crippen LogP contribution in [0.1, 0.15) is 16.2 Å². The van der Waals surface area contributed by atoms with E-state index in [9.17, 15) is 18.0 Å². The third-order valence-corrected chi connectivity index (χ3v) is 3.45. The van der Waals surface area contributed by atoms with Gasteiger partial charge in [-0.3, -0.25) is 4.79 Å². The third-order valence-electron chi connectivity index (χ3n) is 3.45. The van der Waals surface area contributed by atoms with Crippen molar-refractivity contribution in [2.45, 2.75) is 6.18 Å². The maximum Gasteiger partial charge on any atom is 0.433 e. The van der Waals surface area contributed by atoms with Crippen molar-refractivity contribution in [3.63, 3.8) is 0 Å². The van der Waals surface area contributed by atoms with Crippen LogP contribution in [0, 0.1) is 0 Å². The van der Waals surface area contributed by atoms with Gasteiger partial charge < -0.3 is 16.0 Å². The van der Waals surface area contributed by atoms with Crippen molar-refractivity contribution < 1.29 is 18.0 Å². The summed E-state index contributed by atoms with van der Waals surface area (Å²) < 4.78 is 38.1. The van der Waals surface area contributed by atoms with Crippen molar-refractivity contribution in [3.8, 4) is 11.3 Å². The number of carbonyl (C=O) groups excluding carboxylic acids is 1. The highest BCUT2D eigenvalue weighted by atomic mass is 19.4. The number of hydrogen-bond donors (Lipinski definition) is 3. The average Bonchev–Trinajstić information content (AvgIpc) is 2.96. The van der Waals surface area contributed by atoms with Gasteiger partial charge in [0.25, 0.3) is 5.91 Å². The van der Waals surface area contributed by atoms with Crippen molar-refractivity contribution in [3.05, 3.63) is 66.0 Å². The zero-order valence-corrected chi connectivity index (χ0v) is 12.8. The molecule has 128 valence electrons. The molecule has 0 aliphatic carbocycles. The smallest absolute Gasteiger partial charge is 0.384 e. The van der Waals surface area contributed by atoms with Gasteiger partial charge >= 0.3 is 6.18 Å². The lowest BCUT2D eigenvalue weighted by Gasteiger charge is -2.08. The number of H-pyrrole nitrogens is 1. The largest absolute Gasteiger partial charge is 0.433 e. The molecule has 2 heterocycles. The number of nitrogens with two attached hydrogens (primary N) is 1. The minimum Gasteiger partial charge on any atom is -0.384 e. The molecule has 0 bridgehead atoms. The summed E-state index contributed by atoms with van der Waals surface area (Å²) in [4.78, 5) is 18.4. The van der Waals surface area contributed by atoms with E-state index >= 15 is 0 Å². The predicted octanol–water partition coefficient (Wildman–Crippen LogP) is 3.93. The van der Waals surface area contributed by atoms with Crippen LogP contribution in [0.2, 0.25) is 0 Å². The van der Waals surface area contributed by atoms with Crippen LogP contribution in [0.3, 0.4) is 0 Å². The first-order chi connectivity index (χ1) is 11.8.